The monoisotopic (exact) mass is 367 g/mol. The first kappa shape index (κ1) is 14.7. The van der Waals surface area contributed by atoms with Gasteiger partial charge in [0.05, 0.1) is 0 Å². The molecule has 0 unspecified atom stereocenters. The van der Waals surface area contributed by atoms with Crippen molar-refractivity contribution in [1.82, 2.24) is 5.32 Å². The van der Waals surface area contributed by atoms with E-state index < -0.39 is 0 Å². The smallest absolute Gasteiger partial charge is 0.231 e. The van der Waals surface area contributed by atoms with Crippen LogP contribution >= 0.6 is 27.5 Å². The molecule has 1 heterocycles. The fraction of sp³-hybridized carbons (Fsp3) is 0.250. The van der Waals surface area contributed by atoms with Gasteiger partial charge in [-0.1, -0.05) is 45.7 Å². The Kier molecular flexibility index (Phi) is 4.38. The van der Waals surface area contributed by atoms with Crippen LogP contribution in [0.1, 0.15) is 24.1 Å². The van der Waals surface area contributed by atoms with E-state index in [1.165, 1.54) is 0 Å². The highest BCUT2D eigenvalue weighted by Crippen LogP contribution is 2.37. The third-order valence-electron chi connectivity index (χ3n) is 3.51. The molecule has 2 aromatic carbocycles. The number of hydrogen-bond acceptors (Lipinski definition) is 3. The SMILES string of the molecule is C[C@H](NCc1cc2c(cc1Br)OCO2)c1ccccc1Cl. The molecule has 1 atom stereocenters. The number of halogens is 2. The Balaban J connectivity index is 1.72. The van der Waals surface area contributed by atoms with E-state index in [0.29, 0.717) is 6.54 Å². The second-order valence-corrected chi connectivity index (χ2v) is 6.18. The van der Waals surface area contributed by atoms with Crippen molar-refractivity contribution < 1.29 is 9.47 Å². The fourth-order valence-electron chi connectivity index (χ4n) is 2.29. The van der Waals surface area contributed by atoms with Crippen molar-refractivity contribution in [2.24, 2.45) is 0 Å². The van der Waals surface area contributed by atoms with Gasteiger partial charge in [0.1, 0.15) is 0 Å². The van der Waals surface area contributed by atoms with Crippen LogP contribution in [0.25, 0.3) is 0 Å². The van der Waals surface area contributed by atoms with E-state index in [2.05, 4.69) is 28.2 Å². The highest BCUT2D eigenvalue weighted by Gasteiger charge is 2.17. The molecule has 1 aliphatic heterocycles. The molecule has 0 bridgehead atoms. The average molecular weight is 369 g/mol. The summed E-state index contributed by atoms with van der Waals surface area (Å²) in [6, 6.07) is 12.0. The molecule has 3 rings (SSSR count). The minimum Gasteiger partial charge on any atom is -0.454 e. The number of rotatable bonds is 4. The Hall–Kier alpha value is -1.23. The highest BCUT2D eigenvalue weighted by molar-refractivity contribution is 9.10. The Labute approximate surface area is 137 Å². The van der Waals surface area contributed by atoms with Gasteiger partial charge in [-0.3, -0.25) is 0 Å². The number of fused-ring (bicyclic) bond motifs is 1. The average Bonchev–Trinajstić information content (AvgIpc) is 2.92. The predicted octanol–water partition coefficient (Wildman–Crippen LogP) is 4.68. The summed E-state index contributed by atoms with van der Waals surface area (Å²) < 4.78 is 11.8. The summed E-state index contributed by atoms with van der Waals surface area (Å²) in [6.45, 7) is 3.10. The number of nitrogens with one attached hydrogen (secondary N) is 1. The van der Waals surface area contributed by atoms with Crippen LogP contribution < -0.4 is 14.8 Å². The van der Waals surface area contributed by atoms with Gasteiger partial charge in [0, 0.05) is 22.1 Å². The molecule has 0 amide bonds. The third-order valence-corrected chi connectivity index (χ3v) is 4.59. The zero-order valence-corrected chi connectivity index (χ0v) is 13.9. The van der Waals surface area contributed by atoms with Crippen molar-refractivity contribution in [1.29, 1.82) is 0 Å². The summed E-state index contributed by atoms with van der Waals surface area (Å²) in [4.78, 5) is 0. The lowest BCUT2D eigenvalue weighted by atomic mass is 10.1. The Morgan fingerprint density at radius 3 is 2.71 bits per heavy atom. The van der Waals surface area contributed by atoms with E-state index in [1.807, 2.05) is 36.4 Å². The van der Waals surface area contributed by atoms with Gasteiger partial charge < -0.3 is 14.8 Å². The zero-order chi connectivity index (χ0) is 14.8. The molecule has 0 aromatic heterocycles. The van der Waals surface area contributed by atoms with Crippen LogP contribution in [-0.2, 0) is 6.54 Å². The second-order valence-electron chi connectivity index (χ2n) is 4.92. The van der Waals surface area contributed by atoms with E-state index >= 15 is 0 Å². The molecule has 3 nitrogen and oxygen atoms in total. The van der Waals surface area contributed by atoms with Crippen molar-refractivity contribution in [3.63, 3.8) is 0 Å². The van der Waals surface area contributed by atoms with E-state index in [9.17, 15) is 0 Å². The lowest BCUT2D eigenvalue weighted by Crippen LogP contribution is -2.18. The minimum absolute atomic E-state index is 0.163. The number of benzene rings is 2. The maximum atomic E-state index is 6.22. The van der Waals surface area contributed by atoms with E-state index in [0.717, 1.165) is 32.1 Å². The van der Waals surface area contributed by atoms with E-state index in [-0.39, 0.29) is 12.8 Å². The Morgan fingerprint density at radius 2 is 1.95 bits per heavy atom. The lowest BCUT2D eigenvalue weighted by molar-refractivity contribution is 0.174. The molecule has 1 aliphatic rings. The fourth-order valence-corrected chi connectivity index (χ4v) is 3.06. The van der Waals surface area contributed by atoms with Crippen molar-refractivity contribution in [2.75, 3.05) is 6.79 Å². The first-order chi connectivity index (χ1) is 10.1. The molecule has 5 heteroatoms. The molecule has 110 valence electrons. The third kappa shape index (κ3) is 3.18. The maximum absolute atomic E-state index is 6.22. The van der Waals surface area contributed by atoms with Gasteiger partial charge in [-0.2, -0.15) is 0 Å². The summed E-state index contributed by atoms with van der Waals surface area (Å²) in [5.41, 5.74) is 2.22. The van der Waals surface area contributed by atoms with Gasteiger partial charge in [-0.15, -0.1) is 0 Å². The molecule has 2 aromatic rings. The summed E-state index contributed by atoms with van der Waals surface area (Å²) in [6.07, 6.45) is 0. The molecule has 0 fully saturated rings. The zero-order valence-electron chi connectivity index (χ0n) is 11.5. The molecule has 0 spiro atoms. The predicted molar refractivity (Wildman–Crippen MR) is 87.0 cm³/mol. The second kappa shape index (κ2) is 6.26. The quantitative estimate of drug-likeness (QED) is 0.850. The molecule has 0 aliphatic carbocycles. The van der Waals surface area contributed by atoms with Gasteiger partial charge in [0.25, 0.3) is 0 Å². The molecule has 21 heavy (non-hydrogen) atoms. The number of ether oxygens (including phenoxy) is 2. The van der Waals surface area contributed by atoms with Gasteiger partial charge in [0.15, 0.2) is 11.5 Å². The maximum Gasteiger partial charge on any atom is 0.231 e. The topological polar surface area (TPSA) is 30.5 Å². The first-order valence-electron chi connectivity index (χ1n) is 6.71. The van der Waals surface area contributed by atoms with Crippen LogP contribution in [0.2, 0.25) is 5.02 Å². The normalized spacial score (nSPS) is 14.2. The van der Waals surface area contributed by atoms with Crippen LogP contribution in [-0.4, -0.2) is 6.79 Å². The molecular formula is C16H15BrClNO2. The molecule has 0 radical (unpaired) electrons. The summed E-state index contributed by atoms with van der Waals surface area (Å²) >= 11 is 9.79. The molecule has 0 saturated heterocycles. The summed E-state index contributed by atoms with van der Waals surface area (Å²) in [5.74, 6) is 1.57. The number of hydrogen-bond donors (Lipinski definition) is 1. The van der Waals surface area contributed by atoms with Crippen LogP contribution in [0.3, 0.4) is 0 Å². The summed E-state index contributed by atoms with van der Waals surface area (Å²) in [5, 5.41) is 4.26. The lowest BCUT2D eigenvalue weighted by Gasteiger charge is -2.16. The van der Waals surface area contributed by atoms with Gasteiger partial charge >= 0.3 is 0 Å². The molecule has 0 saturated carbocycles. The van der Waals surface area contributed by atoms with E-state index in [1.54, 1.807) is 0 Å². The van der Waals surface area contributed by atoms with Gasteiger partial charge in [0.2, 0.25) is 6.79 Å². The molecule has 1 N–H and O–H groups in total. The van der Waals surface area contributed by atoms with Crippen molar-refractivity contribution in [2.45, 2.75) is 19.5 Å². The van der Waals surface area contributed by atoms with Crippen molar-refractivity contribution in [3.8, 4) is 11.5 Å². The van der Waals surface area contributed by atoms with Gasteiger partial charge in [-0.05, 0) is 36.2 Å². The van der Waals surface area contributed by atoms with E-state index in [4.69, 9.17) is 21.1 Å². The van der Waals surface area contributed by atoms with Crippen LogP contribution in [0, 0.1) is 0 Å². The van der Waals surface area contributed by atoms with Crippen molar-refractivity contribution in [3.05, 3.63) is 57.0 Å². The highest BCUT2D eigenvalue weighted by atomic mass is 79.9. The first-order valence-corrected chi connectivity index (χ1v) is 7.88. The van der Waals surface area contributed by atoms with Crippen LogP contribution in [0.15, 0.2) is 40.9 Å². The van der Waals surface area contributed by atoms with Crippen LogP contribution in [0.4, 0.5) is 0 Å². The molecular weight excluding hydrogens is 354 g/mol. The minimum atomic E-state index is 0.163. The van der Waals surface area contributed by atoms with Crippen LogP contribution in [0.5, 0.6) is 11.5 Å². The summed E-state index contributed by atoms with van der Waals surface area (Å²) in [7, 11) is 0. The standard InChI is InChI=1S/C16H15BrClNO2/c1-10(12-4-2-3-5-14(12)18)19-8-11-6-15-16(7-13(11)17)21-9-20-15/h2-7,10,19H,8-9H2,1H3/t10-/m0/s1. The van der Waals surface area contributed by atoms with Crippen molar-refractivity contribution >= 4 is 27.5 Å². The Bertz CT molecular complexity index is 663. The Morgan fingerprint density at radius 1 is 1.24 bits per heavy atom. The largest absolute Gasteiger partial charge is 0.454 e. The van der Waals surface area contributed by atoms with Gasteiger partial charge in [-0.25, -0.2) is 0 Å².